The van der Waals surface area contributed by atoms with Crippen molar-refractivity contribution in [3.63, 3.8) is 0 Å². The standard InChI is InChI=1S/C20H21NO5/c22-10-17-15(23)9-16(25-17)13-8-18(24)26-20-12-4-2-6-21-5-1-3-11(19(12)21)7-14(13)20/h7-8,16-17,22H,1-6,9-10H2/t16-,17-/m1/s1. The number of hydrogen-bond acceptors (Lipinski definition) is 6. The number of hydrogen-bond donors (Lipinski definition) is 1. The lowest BCUT2D eigenvalue weighted by Crippen LogP contribution is -2.34. The summed E-state index contributed by atoms with van der Waals surface area (Å²) in [6, 6.07) is 3.56. The Kier molecular flexibility index (Phi) is 3.65. The third-order valence-electron chi connectivity index (χ3n) is 5.85. The van der Waals surface area contributed by atoms with E-state index in [1.54, 1.807) is 0 Å². The maximum atomic E-state index is 12.3. The number of nitrogens with zero attached hydrogens (tertiary/aromatic N) is 1. The van der Waals surface area contributed by atoms with Crippen LogP contribution in [0.4, 0.5) is 5.69 Å². The van der Waals surface area contributed by atoms with Crippen molar-refractivity contribution in [1.29, 1.82) is 0 Å². The lowest BCUT2D eigenvalue weighted by molar-refractivity contribution is -0.124. The number of ether oxygens (including phenoxy) is 1. The fraction of sp³-hybridized carbons (Fsp3) is 0.500. The molecule has 2 aromatic rings. The van der Waals surface area contributed by atoms with Gasteiger partial charge in [0.15, 0.2) is 5.78 Å². The number of carbonyl (C=O) groups excluding carboxylic acids is 1. The zero-order valence-corrected chi connectivity index (χ0v) is 14.5. The summed E-state index contributed by atoms with van der Waals surface area (Å²) in [7, 11) is 0. The molecule has 0 bridgehead atoms. The van der Waals surface area contributed by atoms with Crippen LogP contribution in [0.1, 0.15) is 42.1 Å². The molecular weight excluding hydrogens is 334 g/mol. The summed E-state index contributed by atoms with van der Waals surface area (Å²) in [5.41, 5.74) is 4.58. The van der Waals surface area contributed by atoms with Crippen LogP contribution in [0.2, 0.25) is 0 Å². The molecule has 5 rings (SSSR count). The first kappa shape index (κ1) is 16.0. The lowest BCUT2D eigenvalue weighted by atomic mass is 9.88. The van der Waals surface area contributed by atoms with Crippen LogP contribution in [0, 0.1) is 0 Å². The van der Waals surface area contributed by atoms with Gasteiger partial charge in [-0.2, -0.15) is 0 Å². The Morgan fingerprint density at radius 3 is 2.73 bits per heavy atom. The molecular formula is C20H21NO5. The van der Waals surface area contributed by atoms with Crippen LogP contribution >= 0.6 is 0 Å². The Labute approximate surface area is 150 Å². The van der Waals surface area contributed by atoms with Crippen molar-refractivity contribution in [2.45, 2.75) is 44.3 Å². The van der Waals surface area contributed by atoms with Crippen molar-refractivity contribution in [1.82, 2.24) is 0 Å². The summed E-state index contributed by atoms with van der Waals surface area (Å²) < 4.78 is 11.4. The highest BCUT2D eigenvalue weighted by Crippen LogP contribution is 2.42. The average molecular weight is 355 g/mol. The monoisotopic (exact) mass is 355 g/mol. The van der Waals surface area contributed by atoms with E-state index < -0.39 is 17.8 Å². The average Bonchev–Trinajstić information content (AvgIpc) is 3.03. The van der Waals surface area contributed by atoms with E-state index in [0.717, 1.165) is 49.7 Å². The number of rotatable bonds is 2. The number of anilines is 1. The molecule has 0 amide bonds. The highest BCUT2D eigenvalue weighted by atomic mass is 16.5. The zero-order valence-electron chi connectivity index (χ0n) is 14.5. The number of aryl methyl sites for hydroxylation is 2. The Bertz CT molecular complexity index is 961. The fourth-order valence-electron chi connectivity index (χ4n) is 4.73. The first-order valence-electron chi connectivity index (χ1n) is 9.32. The molecule has 1 aromatic carbocycles. The number of aliphatic hydroxyl groups is 1. The van der Waals surface area contributed by atoms with Crippen LogP contribution in [0.15, 0.2) is 21.3 Å². The van der Waals surface area contributed by atoms with E-state index in [2.05, 4.69) is 11.0 Å². The summed E-state index contributed by atoms with van der Waals surface area (Å²) in [6.45, 7) is 1.77. The molecule has 0 unspecified atom stereocenters. The van der Waals surface area contributed by atoms with Gasteiger partial charge in [0.05, 0.1) is 12.7 Å². The zero-order chi connectivity index (χ0) is 17.8. The molecule has 4 heterocycles. The Morgan fingerprint density at radius 1 is 1.15 bits per heavy atom. The molecule has 0 spiro atoms. The summed E-state index contributed by atoms with van der Waals surface area (Å²) in [5.74, 6) is -0.121. The summed E-state index contributed by atoms with van der Waals surface area (Å²) in [6.07, 6.45) is 2.96. The summed E-state index contributed by atoms with van der Waals surface area (Å²) >= 11 is 0. The van der Waals surface area contributed by atoms with E-state index in [4.69, 9.17) is 9.15 Å². The minimum absolute atomic E-state index is 0.121. The van der Waals surface area contributed by atoms with Crippen LogP contribution in [0.3, 0.4) is 0 Å². The number of fused-ring (bicyclic) bond motifs is 2. The van der Waals surface area contributed by atoms with Gasteiger partial charge < -0.3 is 19.2 Å². The molecule has 0 radical (unpaired) electrons. The summed E-state index contributed by atoms with van der Waals surface area (Å²) in [4.78, 5) is 26.7. The smallest absolute Gasteiger partial charge is 0.336 e. The van der Waals surface area contributed by atoms with Gasteiger partial charge >= 0.3 is 5.63 Å². The van der Waals surface area contributed by atoms with Crippen molar-refractivity contribution < 1.29 is 19.1 Å². The molecule has 6 heteroatoms. The SMILES string of the molecule is O=C1C[C@H](c2cc(=O)oc3c4c5c(cc23)CCCN5CCC4)O[C@@H]1CO. The fourth-order valence-corrected chi connectivity index (χ4v) is 4.73. The third kappa shape index (κ3) is 2.32. The molecule has 1 fully saturated rings. The number of Topliss-reactive ketones (excluding diaryl/α,β-unsaturated/α-hetero) is 1. The molecule has 0 saturated carbocycles. The maximum Gasteiger partial charge on any atom is 0.336 e. The number of carbonyl (C=O) groups is 1. The van der Waals surface area contributed by atoms with E-state index in [9.17, 15) is 14.7 Å². The molecule has 1 aromatic heterocycles. The van der Waals surface area contributed by atoms with Gasteiger partial charge in [-0.15, -0.1) is 0 Å². The van der Waals surface area contributed by atoms with Gasteiger partial charge in [-0.1, -0.05) is 0 Å². The topological polar surface area (TPSA) is 80.0 Å². The Hall–Kier alpha value is -2.18. The Balaban J connectivity index is 1.73. The Morgan fingerprint density at radius 2 is 1.96 bits per heavy atom. The maximum absolute atomic E-state index is 12.3. The van der Waals surface area contributed by atoms with Gasteiger partial charge in [0.2, 0.25) is 0 Å². The first-order chi connectivity index (χ1) is 12.7. The van der Waals surface area contributed by atoms with Crippen molar-refractivity contribution in [2.75, 3.05) is 24.6 Å². The van der Waals surface area contributed by atoms with E-state index in [0.29, 0.717) is 11.1 Å². The van der Waals surface area contributed by atoms with Crippen LogP contribution in [-0.4, -0.2) is 36.7 Å². The molecule has 0 aliphatic carbocycles. The van der Waals surface area contributed by atoms with Gasteiger partial charge in [0.1, 0.15) is 11.7 Å². The van der Waals surface area contributed by atoms with Crippen LogP contribution < -0.4 is 10.5 Å². The van der Waals surface area contributed by atoms with E-state index in [1.165, 1.54) is 17.3 Å². The second-order valence-corrected chi connectivity index (χ2v) is 7.42. The number of ketones is 1. The van der Waals surface area contributed by atoms with Gasteiger partial charge in [-0.3, -0.25) is 4.79 Å². The molecule has 6 nitrogen and oxygen atoms in total. The first-order valence-corrected chi connectivity index (χ1v) is 9.32. The van der Waals surface area contributed by atoms with Gasteiger partial charge in [-0.05, 0) is 42.9 Å². The number of benzene rings is 1. The predicted octanol–water partition coefficient (Wildman–Crippen LogP) is 1.88. The van der Waals surface area contributed by atoms with E-state index in [1.807, 2.05) is 0 Å². The molecule has 26 heavy (non-hydrogen) atoms. The van der Waals surface area contributed by atoms with Crippen LogP contribution in [0.5, 0.6) is 0 Å². The second kappa shape index (κ2) is 5.93. The van der Waals surface area contributed by atoms with Crippen LogP contribution in [0.25, 0.3) is 11.0 Å². The summed E-state index contributed by atoms with van der Waals surface area (Å²) in [5, 5.41) is 10.2. The minimum atomic E-state index is -0.797. The van der Waals surface area contributed by atoms with Crippen LogP contribution in [-0.2, 0) is 22.4 Å². The van der Waals surface area contributed by atoms with Crippen molar-refractivity contribution in [2.24, 2.45) is 0 Å². The van der Waals surface area contributed by atoms with Crippen molar-refractivity contribution >= 4 is 22.4 Å². The number of aliphatic hydroxyl groups excluding tert-OH is 1. The van der Waals surface area contributed by atoms with Gasteiger partial charge in [0.25, 0.3) is 0 Å². The molecule has 1 N–H and O–H groups in total. The highest BCUT2D eigenvalue weighted by Gasteiger charge is 2.36. The highest BCUT2D eigenvalue weighted by molar-refractivity contribution is 5.92. The molecule has 3 aliphatic heterocycles. The third-order valence-corrected chi connectivity index (χ3v) is 5.85. The minimum Gasteiger partial charge on any atom is -0.422 e. The lowest BCUT2D eigenvalue weighted by Gasteiger charge is -2.37. The molecule has 3 aliphatic rings. The molecule has 2 atom stereocenters. The predicted molar refractivity (Wildman–Crippen MR) is 95.7 cm³/mol. The second-order valence-electron chi connectivity index (χ2n) is 7.42. The van der Waals surface area contributed by atoms with E-state index in [-0.39, 0.29) is 18.8 Å². The largest absolute Gasteiger partial charge is 0.422 e. The van der Waals surface area contributed by atoms with E-state index >= 15 is 0 Å². The normalized spacial score (nSPS) is 25.0. The van der Waals surface area contributed by atoms with Crippen molar-refractivity contribution in [3.05, 3.63) is 39.2 Å². The van der Waals surface area contributed by atoms with Gasteiger partial charge in [-0.25, -0.2) is 4.79 Å². The van der Waals surface area contributed by atoms with Crippen molar-refractivity contribution in [3.8, 4) is 0 Å². The molecule has 136 valence electrons. The van der Waals surface area contributed by atoms with Gasteiger partial charge in [0, 0.05) is 42.2 Å². The quantitative estimate of drug-likeness (QED) is 0.829. The molecule has 1 saturated heterocycles.